The molecule has 1 heterocycles. The average Bonchev–Trinajstić information content (AvgIpc) is 3.05. The van der Waals surface area contributed by atoms with Crippen LogP contribution in [-0.2, 0) is 16.2 Å². The Morgan fingerprint density at radius 1 is 1.10 bits per heavy atom. The zero-order valence-electron chi connectivity index (χ0n) is 17.2. The number of ketones is 1. The molecule has 0 N–H and O–H groups in total. The average molecular weight is 390 g/mol. The van der Waals surface area contributed by atoms with E-state index in [0.717, 1.165) is 46.8 Å². The molecule has 0 radical (unpaired) electrons. The molecule has 0 atom stereocenters. The molecule has 0 saturated carbocycles. The molecular weight excluding hydrogens is 364 g/mol. The van der Waals surface area contributed by atoms with E-state index in [1.165, 1.54) is 6.92 Å². The van der Waals surface area contributed by atoms with Crippen LogP contribution in [0.5, 0.6) is 0 Å². The van der Waals surface area contributed by atoms with Gasteiger partial charge in [-0.05, 0) is 55.7 Å². The monoisotopic (exact) mass is 390 g/mol. The second kappa shape index (κ2) is 8.86. The third-order valence-corrected chi connectivity index (χ3v) is 5.02. The van der Waals surface area contributed by atoms with Gasteiger partial charge in [-0.15, -0.1) is 0 Å². The maximum Gasteiger partial charge on any atom is 0.331 e. The Labute approximate surface area is 170 Å². The van der Waals surface area contributed by atoms with Gasteiger partial charge in [0.05, 0.1) is 0 Å². The molecule has 0 aliphatic carbocycles. The molecule has 3 aromatic rings. The van der Waals surface area contributed by atoms with Crippen LogP contribution in [0.4, 0.5) is 0 Å². The van der Waals surface area contributed by atoms with Crippen molar-refractivity contribution in [3.05, 3.63) is 54.1 Å². The fraction of sp³-hybridized carbons (Fsp3) is 0.292. The Morgan fingerprint density at radius 3 is 2.41 bits per heavy atom. The van der Waals surface area contributed by atoms with Gasteiger partial charge in [0, 0.05) is 40.8 Å². The van der Waals surface area contributed by atoms with E-state index in [1.807, 2.05) is 37.3 Å². The van der Waals surface area contributed by atoms with E-state index >= 15 is 0 Å². The van der Waals surface area contributed by atoms with Crippen molar-refractivity contribution in [1.29, 1.82) is 0 Å². The van der Waals surface area contributed by atoms with Crippen molar-refractivity contribution in [3.63, 3.8) is 0 Å². The Balaban J connectivity index is 2.13. The quantitative estimate of drug-likeness (QED) is 0.213. The van der Waals surface area contributed by atoms with Gasteiger partial charge in [0.15, 0.2) is 0 Å². The number of unbranched alkanes of at least 4 members (excludes halogenated alkanes) is 1. The van der Waals surface area contributed by atoms with Gasteiger partial charge in [0.2, 0.25) is 5.78 Å². The van der Waals surface area contributed by atoms with Gasteiger partial charge in [-0.25, -0.2) is 4.79 Å². The van der Waals surface area contributed by atoms with Crippen LogP contribution in [0.2, 0.25) is 0 Å². The van der Waals surface area contributed by atoms with Crippen LogP contribution in [0.15, 0.2) is 48.1 Å². The van der Waals surface area contributed by atoms with Crippen molar-refractivity contribution in [2.75, 3.05) is 0 Å². The molecule has 5 heteroatoms. The van der Waals surface area contributed by atoms with Crippen molar-refractivity contribution in [3.8, 4) is 0 Å². The molecule has 0 bridgehead atoms. The maximum atomic E-state index is 13.1. The highest BCUT2D eigenvalue weighted by molar-refractivity contribution is 6.46. The van der Waals surface area contributed by atoms with E-state index in [-0.39, 0.29) is 11.5 Å². The molecule has 0 aliphatic rings. The minimum absolute atomic E-state index is 0.209. The Bertz CT molecular complexity index is 1120. The summed E-state index contributed by atoms with van der Waals surface area (Å²) in [4.78, 5) is 29.0. The molecule has 5 nitrogen and oxygen atoms in total. The van der Waals surface area contributed by atoms with Crippen LogP contribution >= 0.6 is 0 Å². The number of carbonyl (C=O) groups excluding carboxylic acids is 2. The van der Waals surface area contributed by atoms with Crippen molar-refractivity contribution < 1.29 is 14.4 Å². The van der Waals surface area contributed by atoms with Crippen LogP contribution in [0.25, 0.3) is 27.9 Å². The molecule has 150 valence electrons. The maximum absolute atomic E-state index is 13.1. The molecule has 0 unspecified atom stereocenters. The van der Waals surface area contributed by atoms with Gasteiger partial charge >= 0.3 is 5.97 Å². The largest absolute Gasteiger partial charge is 0.341 e. The van der Waals surface area contributed by atoms with Gasteiger partial charge in [0.1, 0.15) is 5.71 Å². The minimum atomic E-state index is -0.537. The number of fused-ring (bicyclic) bond motifs is 3. The standard InChI is InChI=1S/C24H26N2O3/c1-5-8-9-21(25-29-16(4)27)24(28)18-11-13-23-20(15-18)19-14-17(6-2)10-12-22(19)26(23)7-3/h6,10-15H,2,5,7-9H2,1,3-4H3/b25-21+. The van der Waals surface area contributed by atoms with Gasteiger partial charge < -0.3 is 9.40 Å². The van der Waals surface area contributed by atoms with Crippen molar-refractivity contribution >= 4 is 45.3 Å². The number of hydrogen-bond acceptors (Lipinski definition) is 4. The number of aryl methyl sites for hydroxylation is 1. The molecule has 0 fully saturated rings. The summed E-state index contributed by atoms with van der Waals surface area (Å²) < 4.78 is 2.23. The summed E-state index contributed by atoms with van der Waals surface area (Å²) in [6, 6.07) is 11.9. The number of benzene rings is 2. The molecule has 3 rings (SSSR count). The second-order valence-corrected chi connectivity index (χ2v) is 7.01. The van der Waals surface area contributed by atoms with Crippen LogP contribution < -0.4 is 0 Å². The number of rotatable bonds is 8. The number of Topliss-reactive ketones (excluding diaryl/α,β-unsaturated/α-hetero) is 1. The summed E-state index contributed by atoms with van der Waals surface area (Å²) >= 11 is 0. The third-order valence-electron chi connectivity index (χ3n) is 5.02. The highest BCUT2D eigenvalue weighted by atomic mass is 16.7. The molecular formula is C24H26N2O3. The molecule has 0 saturated heterocycles. The molecule has 2 aromatic carbocycles. The summed E-state index contributed by atoms with van der Waals surface area (Å²) in [5.74, 6) is -0.746. The van der Waals surface area contributed by atoms with Crippen molar-refractivity contribution in [1.82, 2.24) is 4.57 Å². The predicted molar refractivity (Wildman–Crippen MR) is 118 cm³/mol. The van der Waals surface area contributed by atoms with Gasteiger partial charge in [-0.1, -0.05) is 37.2 Å². The SMILES string of the molecule is C=Cc1ccc2c(c1)c1cc(C(=O)/C(CCCC)=N/OC(C)=O)ccc1n2CC. The van der Waals surface area contributed by atoms with Gasteiger partial charge in [-0.2, -0.15) is 0 Å². The Hall–Kier alpha value is -3.21. The number of oxime groups is 1. The van der Waals surface area contributed by atoms with Crippen LogP contribution in [0, 0.1) is 0 Å². The third kappa shape index (κ3) is 4.14. The summed E-state index contributed by atoms with van der Waals surface area (Å²) in [7, 11) is 0. The second-order valence-electron chi connectivity index (χ2n) is 7.01. The number of aromatic nitrogens is 1. The van der Waals surface area contributed by atoms with E-state index in [9.17, 15) is 9.59 Å². The Kier molecular flexibility index (Phi) is 6.27. The van der Waals surface area contributed by atoms with E-state index in [4.69, 9.17) is 4.84 Å². The number of carbonyl (C=O) groups is 2. The molecule has 0 spiro atoms. The molecule has 1 aromatic heterocycles. The predicted octanol–water partition coefficient (Wildman–Crippen LogP) is 5.75. The topological polar surface area (TPSA) is 60.7 Å². The molecule has 0 aliphatic heterocycles. The zero-order chi connectivity index (χ0) is 21.0. The fourth-order valence-corrected chi connectivity index (χ4v) is 3.56. The lowest BCUT2D eigenvalue weighted by Gasteiger charge is -2.06. The highest BCUT2D eigenvalue weighted by Gasteiger charge is 2.18. The number of nitrogens with zero attached hydrogens (tertiary/aromatic N) is 2. The van der Waals surface area contributed by atoms with Crippen LogP contribution in [0.3, 0.4) is 0 Å². The van der Waals surface area contributed by atoms with E-state index in [1.54, 1.807) is 0 Å². The van der Waals surface area contributed by atoms with E-state index in [0.29, 0.717) is 12.0 Å². The summed E-state index contributed by atoms with van der Waals surface area (Å²) in [6.07, 6.45) is 4.00. The number of hydrogen-bond donors (Lipinski definition) is 0. The normalized spacial score (nSPS) is 11.8. The summed E-state index contributed by atoms with van der Waals surface area (Å²) in [6.45, 7) is 10.1. The van der Waals surface area contributed by atoms with Gasteiger partial charge in [0.25, 0.3) is 0 Å². The Morgan fingerprint density at radius 2 is 1.79 bits per heavy atom. The smallest absolute Gasteiger partial charge is 0.331 e. The zero-order valence-corrected chi connectivity index (χ0v) is 17.2. The summed E-state index contributed by atoms with van der Waals surface area (Å²) in [5, 5.41) is 5.92. The van der Waals surface area contributed by atoms with E-state index in [2.05, 4.69) is 35.4 Å². The van der Waals surface area contributed by atoms with Crippen molar-refractivity contribution in [2.45, 2.75) is 46.6 Å². The van der Waals surface area contributed by atoms with Crippen molar-refractivity contribution in [2.24, 2.45) is 5.16 Å². The summed E-state index contributed by atoms with van der Waals surface area (Å²) in [5.41, 5.74) is 4.04. The van der Waals surface area contributed by atoms with E-state index < -0.39 is 5.97 Å². The van der Waals surface area contributed by atoms with Crippen LogP contribution in [-0.4, -0.2) is 22.0 Å². The van der Waals surface area contributed by atoms with Gasteiger partial charge in [-0.3, -0.25) is 4.79 Å². The molecule has 0 amide bonds. The highest BCUT2D eigenvalue weighted by Crippen LogP contribution is 2.31. The first-order valence-electron chi connectivity index (χ1n) is 9.97. The first-order chi connectivity index (χ1) is 14.0. The van der Waals surface area contributed by atoms with Crippen LogP contribution in [0.1, 0.15) is 56.0 Å². The fourth-order valence-electron chi connectivity index (χ4n) is 3.56. The first kappa shape index (κ1) is 20.5. The minimum Gasteiger partial charge on any atom is -0.341 e. The first-order valence-corrected chi connectivity index (χ1v) is 9.97. The molecule has 29 heavy (non-hydrogen) atoms. The lowest BCUT2D eigenvalue weighted by molar-refractivity contribution is -0.140. The lowest BCUT2D eigenvalue weighted by Crippen LogP contribution is -2.15. The lowest BCUT2D eigenvalue weighted by atomic mass is 10.0.